The maximum absolute atomic E-state index is 10.9. The van der Waals surface area contributed by atoms with Gasteiger partial charge in [-0.05, 0) is 39.0 Å². The second kappa shape index (κ2) is 3.74. The molecule has 0 aliphatic heterocycles. The lowest BCUT2D eigenvalue weighted by atomic mass is 9.79. The number of aliphatic carboxylic acids is 1. The largest absolute Gasteiger partial charge is 0.481 e. The Morgan fingerprint density at radius 2 is 2.00 bits per heavy atom. The summed E-state index contributed by atoms with van der Waals surface area (Å²) in [5.74, 6) is -0.641. The van der Waals surface area contributed by atoms with Crippen LogP contribution in [0.25, 0.3) is 0 Å². The van der Waals surface area contributed by atoms with Crippen LogP contribution in [0.15, 0.2) is 12.2 Å². The molecule has 1 atom stereocenters. The summed E-state index contributed by atoms with van der Waals surface area (Å²) in [5.41, 5.74) is -0.481. The van der Waals surface area contributed by atoms with Crippen molar-refractivity contribution in [2.45, 2.75) is 39.0 Å². The van der Waals surface area contributed by atoms with E-state index in [0.717, 1.165) is 32.1 Å². The summed E-state index contributed by atoms with van der Waals surface area (Å²) in [5, 5.41) is 8.99. The third-order valence-corrected chi connectivity index (χ3v) is 2.65. The van der Waals surface area contributed by atoms with Gasteiger partial charge in [0.1, 0.15) is 0 Å². The van der Waals surface area contributed by atoms with Gasteiger partial charge in [0.05, 0.1) is 5.41 Å². The lowest BCUT2D eigenvalue weighted by molar-refractivity contribution is -0.148. The van der Waals surface area contributed by atoms with E-state index in [1.807, 2.05) is 6.92 Å². The first kappa shape index (κ1) is 9.30. The maximum atomic E-state index is 10.9. The molecule has 0 spiro atoms. The summed E-state index contributed by atoms with van der Waals surface area (Å²) in [4.78, 5) is 10.9. The van der Waals surface area contributed by atoms with Gasteiger partial charge in [-0.2, -0.15) is 0 Å². The average molecular weight is 168 g/mol. The van der Waals surface area contributed by atoms with Crippen LogP contribution in [-0.4, -0.2) is 11.1 Å². The fourth-order valence-corrected chi connectivity index (χ4v) is 1.59. The first-order chi connectivity index (χ1) is 5.65. The lowest BCUT2D eigenvalue weighted by Crippen LogP contribution is -2.27. The molecule has 0 saturated carbocycles. The van der Waals surface area contributed by atoms with Gasteiger partial charge in [0.2, 0.25) is 0 Å². The van der Waals surface area contributed by atoms with Crippen LogP contribution in [0.3, 0.4) is 0 Å². The van der Waals surface area contributed by atoms with Gasteiger partial charge in [0, 0.05) is 0 Å². The van der Waals surface area contributed by atoms with Crippen molar-refractivity contribution in [1.29, 1.82) is 0 Å². The quantitative estimate of drug-likeness (QED) is 0.611. The van der Waals surface area contributed by atoms with Gasteiger partial charge >= 0.3 is 5.97 Å². The maximum Gasteiger partial charge on any atom is 0.309 e. The highest BCUT2D eigenvalue weighted by atomic mass is 16.4. The van der Waals surface area contributed by atoms with Crippen molar-refractivity contribution >= 4 is 5.97 Å². The first-order valence-corrected chi connectivity index (χ1v) is 4.53. The van der Waals surface area contributed by atoms with Crippen LogP contribution < -0.4 is 0 Å². The molecular formula is C10H16O2. The van der Waals surface area contributed by atoms with Crippen LogP contribution >= 0.6 is 0 Å². The molecule has 1 N–H and O–H groups in total. The third kappa shape index (κ3) is 2.10. The molecule has 12 heavy (non-hydrogen) atoms. The summed E-state index contributed by atoms with van der Waals surface area (Å²) >= 11 is 0. The van der Waals surface area contributed by atoms with Crippen LogP contribution in [0, 0.1) is 5.41 Å². The van der Waals surface area contributed by atoms with E-state index < -0.39 is 11.4 Å². The van der Waals surface area contributed by atoms with Gasteiger partial charge in [-0.3, -0.25) is 4.79 Å². The zero-order valence-electron chi connectivity index (χ0n) is 7.55. The van der Waals surface area contributed by atoms with Crippen LogP contribution in [0.1, 0.15) is 39.0 Å². The Labute approximate surface area is 73.3 Å². The van der Waals surface area contributed by atoms with Gasteiger partial charge in [-0.1, -0.05) is 12.2 Å². The predicted molar refractivity (Wildman–Crippen MR) is 48.0 cm³/mol. The van der Waals surface area contributed by atoms with E-state index in [1.54, 1.807) is 0 Å². The average Bonchev–Trinajstić information content (AvgIpc) is 1.97. The molecule has 0 aromatic heterocycles. The predicted octanol–water partition coefficient (Wildman–Crippen LogP) is 2.60. The highest BCUT2D eigenvalue weighted by Gasteiger charge is 2.31. The molecular weight excluding hydrogens is 152 g/mol. The summed E-state index contributed by atoms with van der Waals surface area (Å²) in [6.45, 7) is 1.86. The first-order valence-electron chi connectivity index (χ1n) is 4.53. The fraction of sp³-hybridized carbons (Fsp3) is 0.700. The second-order valence-electron chi connectivity index (χ2n) is 3.77. The summed E-state index contributed by atoms with van der Waals surface area (Å²) in [6, 6.07) is 0. The highest BCUT2D eigenvalue weighted by molar-refractivity contribution is 5.74. The Morgan fingerprint density at radius 3 is 2.67 bits per heavy atom. The molecule has 0 aromatic carbocycles. The van der Waals surface area contributed by atoms with E-state index in [4.69, 9.17) is 5.11 Å². The number of carboxylic acids is 1. The zero-order chi connectivity index (χ0) is 9.03. The zero-order valence-corrected chi connectivity index (χ0v) is 7.55. The molecule has 0 heterocycles. The van der Waals surface area contributed by atoms with E-state index in [-0.39, 0.29) is 0 Å². The lowest BCUT2D eigenvalue weighted by Gasteiger charge is -2.24. The second-order valence-corrected chi connectivity index (χ2v) is 3.77. The molecule has 1 rings (SSSR count). The summed E-state index contributed by atoms with van der Waals surface area (Å²) < 4.78 is 0. The van der Waals surface area contributed by atoms with Crippen LogP contribution in [-0.2, 0) is 4.79 Å². The number of hydrogen-bond acceptors (Lipinski definition) is 1. The molecule has 1 unspecified atom stereocenters. The SMILES string of the molecule is CC1(C(=O)O)CCC=CCCC1. The Hall–Kier alpha value is -0.790. The summed E-state index contributed by atoms with van der Waals surface area (Å²) in [7, 11) is 0. The van der Waals surface area contributed by atoms with Gasteiger partial charge < -0.3 is 5.11 Å². The Morgan fingerprint density at radius 1 is 1.33 bits per heavy atom. The molecule has 68 valence electrons. The van der Waals surface area contributed by atoms with Crippen LogP contribution in [0.2, 0.25) is 0 Å². The summed E-state index contributed by atoms with van der Waals surface area (Å²) in [6.07, 6.45) is 8.78. The minimum Gasteiger partial charge on any atom is -0.481 e. The number of carbonyl (C=O) groups is 1. The molecule has 2 nitrogen and oxygen atoms in total. The van der Waals surface area contributed by atoms with Crippen molar-refractivity contribution in [2.24, 2.45) is 5.41 Å². The Bertz CT molecular complexity index is 196. The molecule has 0 bridgehead atoms. The van der Waals surface area contributed by atoms with Gasteiger partial charge in [0.15, 0.2) is 0 Å². The van der Waals surface area contributed by atoms with Crippen molar-refractivity contribution in [3.05, 3.63) is 12.2 Å². The van der Waals surface area contributed by atoms with Gasteiger partial charge in [-0.15, -0.1) is 0 Å². The van der Waals surface area contributed by atoms with E-state index in [2.05, 4.69) is 12.2 Å². The highest BCUT2D eigenvalue weighted by Crippen LogP contribution is 2.31. The standard InChI is InChI=1S/C10H16O2/c1-10(9(11)12)7-5-3-2-4-6-8-10/h2-3H,4-8H2,1H3,(H,11,12). The molecule has 0 radical (unpaired) electrons. The van der Waals surface area contributed by atoms with Crippen molar-refractivity contribution < 1.29 is 9.90 Å². The molecule has 0 saturated heterocycles. The van der Waals surface area contributed by atoms with E-state index in [0.29, 0.717) is 0 Å². The van der Waals surface area contributed by atoms with Gasteiger partial charge in [-0.25, -0.2) is 0 Å². The third-order valence-electron chi connectivity index (χ3n) is 2.65. The normalized spacial score (nSPS) is 30.8. The van der Waals surface area contributed by atoms with Crippen molar-refractivity contribution in [2.75, 3.05) is 0 Å². The van der Waals surface area contributed by atoms with Crippen molar-refractivity contribution in [3.8, 4) is 0 Å². The molecule has 0 aromatic rings. The molecule has 1 aliphatic carbocycles. The molecule has 2 heteroatoms. The van der Waals surface area contributed by atoms with Gasteiger partial charge in [0.25, 0.3) is 0 Å². The number of allylic oxidation sites excluding steroid dienone is 2. The minimum absolute atomic E-state index is 0.481. The Kier molecular flexibility index (Phi) is 2.90. The molecule has 0 amide bonds. The van der Waals surface area contributed by atoms with Crippen LogP contribution in [0.4, 0.5) is 0 Å². The van der Waals surface area contributed by atoms with Crippen LogP contribution in [0.5, 0.6) is 0 Å². The smallest absolute Gasteiger partial charge is 0.309 e. The number of rotatable bonds is 1. The minimum atomic E-state index is -0.641. The van der Waals surface area contributed by atoms with E-state index in [1.165, 1.54) is 0 Å². The van der Waals surface area contributed by atoms with Crippen molar-refractivity contribution in [1.82, 2.24) is 0 Å². The molecule has 1 aliphatic rings. The van der Waals surface area contributed by atoms with E-state index in [9.17, 15) is 4.79 Å². The monoisotopic (exact) mass is 168 g/mol. The van der Waals surface area contributed by atoms with Crippen molar-refractivity contribution in [3.63, 3.8) is 0 Å². The number of carboxylic acid groups (broad SMARTS) is 1. The fourth-order valence-electron chi connectivity index (χ4n) is 1.59. The Balaban J connectivity index is 2.63. The van der Waals surface area contributed by atoms with E-state index >= 15 is 0 Å². The number of hydrogen-bond donors (Lipinski definition) is 1. The molecule has 0 fully saturated rings. The topological polar surface area (TPSA) is 37.3 Å².